The van der Waals surface area contributed by atoms with Crippen LogP contribution in [0.15, 0.2) is 23.3 Å². The lowest BCUT2D eigenvalue weighted by Crippen LogP contribution is -2.50. The molecule has 2 fully saturated rings. The van der Waals surface area contributed by atoms with Gasteiger partial charge >= 0.3 is 0 Å². The minimum absolute atomic E-state index is 0.000753. The Morgan fingerprint density at radius 1 is 1.27 bits per heavy atom. The quantitative estimate of drug-likeness (QED) is 0.810. The van der Waals surface area contributed by atoms with E-state index >= 15 is 0 Å². The summed E-state index contributed by atoms with van der Waals surface area (Å²) in [7, 11) is 0. The zero-order valence-corrected chi connectivity index (χ0v) is 16.5. The van der Waals surface area contributed by atoms with Crippen molar-refractivity contribution >= 4 is 11.6 Å². The Hall–Kier alpha value is -1.22. The molecule has 0 saturated heterocycles. The van der Waals surface area contributed by atoms with Crippen molar-refractivity contribution in [3.05, 3.63) is 23.3 Å². The molecule has 4 aliphatic carbocycles. The number of fused-ring (bicyclic) bond motifs is 5. The Labute approximate surface area is 156 Å². The molecule has 2 saturated carbocycles. The SMILES string of the molecule is CC1=C[C@H]2[C@@H]3C[C@@H](C)[C@H](C(=O)CO)[C@@]3(C)CC[C@@H]2[C@@]2(C)CCC(=O)C=C12. The van der Waals surface area contributed by atoms with E-state index in [1.807, 2.05) is 6.08 Å². The molecular weight excluding hydrogens is 324 g/mol. The highest BCUT2D eigenvalue weighted by molar-refractivity contribution is 5.92. The fourth-order valence-corrected chi connectivity index (χ4v) is 7.57. The molecule has 4 aliphatic rings. The van der Waals surface area contributed by atoms with Crippen LogP contribution < -0.4 is 0 Å². The van der Waals surface area contributed by atoms with Gasteiger partial charge in [-0.3, -0.25) is 9.59 Å². The first-order valence-electron chi connectivity index (χ1n) is 10.3. The first kappa shape index (κ1) is 18.2. The largest absolute Gasteiger partial charge is 0.389 e. The van der Waals surface area contributed by atoms with Crippen LogP contribution in [-0.4, -0.2) is 23.3 Å². The maximum absolute atomic E-state index is 12.5. The Kier molecular flexibility index (Phi) is 4.11. The number of allylic oxidation sites excluding steroid dienone is 4. The van der Waals surface area contributed by atoms with E-state index in [2.05, 4.69) is 33.8 Å². The molecule has 0 aliphatic heterocycles. The molecule has 0 aromatic heterocycles. The van der Waals surface area contributed by atoms with Crippen molar-refractivity contribution in [2.75, 3.05) is 6.61 Å². The van der Waals surface area contributed by atoms with Crippen LogP contribution in [0.5, 0.6) is 0 Å². The van der Waals surface area contributed by atoms with Crippen LogP contribution in [0.3, 0.4) is 0 Å². The van der Waals surface area contributed by atoms with Crippen LogP contribution in [0.2, 0.25) is 0 Å². The lowest BCUT2D eigenvalue weighted by atomic mass is 9.47. The van der Waals surface area contributed by atoms with Crippen molar-refractivity contribution in [2.45, 2.75) is 59.8 Å². The van der Waals surface area contributed by atoms with Crippen LogP contribution >= 0.6 is 0 Å². The standard InChI is InChI=1S/C23H32O3/c1-13-9-16-17(22(3)7-5-15(25)11-18(13)22)6-8-23(4)19(16)10-14(2)21(23)20(26)12-24/h9,11,14,16-17,19,21,24H,5-8,10,12H2,1-4H3/t14-,16-,17+,19+,21-,22-,23+/m1/s1. The summed E-state index contributed by atoms with van der Waals surface area (Å²) in [4.78, 5) is 24.6. The molecule has 0 radical (unpaired) electrons. The smallest absolute Gasteiger partial charge is 0.162 e. The summed E-state index contributed by atoms with van der Waals surface area (Å²) in [6, 6.07) is 0. The summed E-state index contributed by atoms with van der Waals surface area (Å²) >= 11 is 0. The predicted molar refractivity (Wildman–Crippen MR) is 101 cm³/mol. The lowest BCUT2D eigenvalue weighted by molar-refractivity contribution is -0.133. The Bertz CT molecular complexity index is 717. The average Bonchev–Trinajstić information content (AvgIpc) is 2.86. The zero-order valence-electron chi connectivity index (χ0n) is 16.5. The summed E-state index contributed by atoms with van der Waals surface area (Å²) in [5.41, 5.74) is 2.64. The first-order chi connectivity index (χ1) is 12.2. The van der Waals surface area contributed by atoms with Crippen LogP contribution in [-0.2, 0) is 9.59 Å². The molecule has 7 atom stereocenters. The van der Waals surface area contributed by atoms with E-state index in [1.165, 1.54) is 11.1 Å². The van der Waals surface area contributed by atoms with Crippen molar-refractivity contribution < 1.29 is 14.7 Å². The highest BCUT2D eigenvalue weighted by atomic mass is 16.3. The first-order valence-corrected chi connectivity index (χ1v) is 10.3. The molecular formula is C23H32O3. The highest BCUT2D eigenvalue weighted by Crippen LogP contribution is 2.67. The van der Waals surface area contributed by atoms with Gasteiger partial charge in [0.05, 0.1) is 0 Å². The molecule has 3 heteroatoms. The molecule has 0 spiro atoms. The van der Waals surface area contributed by atoms with Crippen LogP contribution in [0.1, 0.15) is 59.8 Å². The Balaban J connectivity index is 1.77. The Morgan fingerprint density at radius 3 is 2.69 bits per heavy atom. The monoisotopic (exact) mass is 356 g/mol. The van der Waals surface area contributed by atoms with Crippen molar-refractivity contribution in [3.63, 3.8) is 0 Å². The van der Waals surface area contributed by atoms with Crippen LogP contribution in [0, 0.1) is 40.4 Å². The number of carbonyl (C=O) groups is 2. The normalized spacial score (nSPS) is 47.4. The summed E-state index contributed by atoms with van der Waals surface area (Å²) in [6.07, 6.45) is 9.22. The van der Waals surface area contributed by atoms with Gasteiger partial charge < -0.3 is 5.11 Å². The van der Waals surface area contributed by atoms with Gasteiger partial charge in [-0.25, -0.2) is 0 Å². The molecule has 0 heterocycles. The molecule has 142 valence electrons. The van der Waals surface area contributed by atoms with E-state index in [1.54, 1.807) is 0 Å². The maximum Gasteiger partial charge on any atom is 0.162 e. The van der Waals surface area contributed by atoms with E-state index in [0.717, 1.165) is 25.7 Å². The second-order valence-corrected chi connectivity index (χ2v) is 9.94. The third-order valence-electron chi connectivity index (χ3n) is 8.68. The van der Waals surface area contributed by atoms with Gasteiger partial charge in [-0.05, 0) is 78.8 Å². The van der Waals surface area contributed by atoms with Gasteiger partial charge in [0.2, 0.25) is 0 Å². The summed E-state index contributed by atoms with van der Waals surface area (Å²) in [5.74, 6) is 2.20. The summed E-state index contributed by atoms with van der Waals surface area (Å²) < 4.78 is 0. The van der Waals surface area contributed by atoms with Crippen molar-refractivity contribution in [3.8, 4) is 0 Å². The topological polar surface area (TPSA) is 54.4 Å². The average molecular weight is 357 g/mol. The van der Waals surface area contributed by atoms with Gasteiger partial charge in [0, 0.05) is 12.3 Å². The van der Waals surface area contributed by atoms with Crippen LogP contribution in [0.25, 0.3) is 0 Å². The molecule has 3 nitrogen and oxygen atoms in total. The maximum atomic E-state index is 12.5. The molecule has 26 heavy (non-hydrogen) atoms. The van der Waals surface area contributed by atoms with E-state index in [9.17, 15) is 14.7 Å². The zero-order chi connectivity index (χ0) is 18.9. The molecule has 0 bridgehead atoms. The summed E-state index contributed by atoms with van der Waals surface area (Å²) in [5, 5.41) is 9.51. The third kappa shape index (κ3) is 2.28. The predicted octanol–water partition coefficient (Wildman–Crippen LogP) is 4.11. The van der Waals surface area contributed by atoms with Gasteiger partial charge in [-0.2, -0.15) is 0 Å². The number of hydrogen-bond acceptors (Lipinski definition) is 3. The number of aliphatic hydroxyl groups is 1. The van der Waals surface area contributed by atoms with E-state index in [-0.39, 0.29) is 34.9 Å². The molecule has 4 rings (SSSR count). The van der Waals surface area contributed by atoms with E-state index in [0.29, 0.717) is 30.1 Å². The minimum Gasteiger partial charge on any atom is -0.389 e. The summed E-state index contributed by atoms with van der Waals surface area (Å²) in [6.45, 7) is 8.71. The fraction of sp³-hybridized carbons (Fsp3) is 0.739. The molecule has 1 N–H and O–H groups in total. The van der Waals surface area contributed by atoms with Gasteiger partial charge in [0.25, 0.3) is 0 Å². The molecule has 0 unspecified atom stereocenters. The van der Waals surface area contributed by atoms with Gasteiger partial charge in [-0.1, -0.05) is 32.4 Å². The van der Waals surface area contributed by atoms with E-state index in [4.69, 9.17) is 0 Å². The molecule has 0 amide bonds. The number of Topliss-reactive ketones (excluding diaryl/α,β-unsaturated/α-hetero) is 1. The number of hydrogen-bond donors (Lipinski definition) is 1. The number of carbonyl (C=O) groups excluding carboxylic acids is 2. The number of rotatable bonds is 2. The molecule has 0 aromatic carbocycles. The highest BCUT2D eigenvalue weighted by Gasteiger charge is 2.61. The van der Waals surface area contributed by atoms with Crippen molar-refractivity contribution in [1.82, 2.24) is 0 Å². The van der Waals surface area contributed by atoms with Crippen LogP contribution in [0.4, 0.5) is 0 Å². The number of aliphatic hydroxyl groups excluding tert-OH is 1. The number of ketones is 2. The van der Waals surface area contributed by atoms with Gasteiger partial charge in [0.15, 0.2) is 11.6 Å². The van der Waals surface area contributed by atoms with Crippen molar-refractivity contribution in [2.24, 2.45) is 40.4 Å². The minimum atomic E-state index is -0.326. The van der Waals surface area contributed by atoms with Crippen molar-refractivity contribution in [1.29, 1.82) is 0 Å². The fourth-order valence-electron chi connectivity index (χ4n) is 7.57. The van der Waals surface area contributed by atoms with Gasteiger partial charge in [-0.15, -0.1) is 0 Å². The third-order valence-corrected chi connectivity index (χ3v) is 8.68. The molecule has 0 aromatic rings. The second kappa shape index (κ2) is 5.89. The van der Waals surface area contributed by atoms with Gasteiger partial charge in [0.1, 0.15) is 6.61 Å². The second-order valence-electron chi connectivity index (χ2n) is 9.94. The Morgan fingerprint density at radius 2 is 2.00 bits per heavy atom. The lowest BCUT2D eigenvalue weighted by Gasteiger charge is -2.56. The van der Waals surface area contributed by atoms with E-state index < -0.39 is 0 Å².